The minimum Gasteiger partial charge on any atom is -0.481 e. The van der Waals surface area contributed by atoms with E-state index in [1.807, 2.05) is 0 Å². The lowest BCUT2D eigenvalue weighted by Crippen LogP contribution is -2.27. The molecule has 0 fully saturated rings. The maximum absolute atomic E-state index is 12.5. The number of benzene rings is 2. The van der Waals surface area contributed by atoms with Gasteiger partial charge in [-0.25, -0.2) is 4.79 Å². The van der Waals surface area contributed by atoms with Gasteiger partial charge in [-0.1, -0.05) is 30.3 Å². The summed E-state index contributed by atoms with van der Waals surface area (Å²) in [6, 6.07) is 15.0. The Morgan fingerprint density at radius 1 is 1.12 bits per heavy atom. The Labute approximate surface area is 181 Å². The predicted octanol–water partition coefficient (Wildman–Crippen LogP) is 2.33. The SMILES string of the molecule is CCOC(=O)c1nn(-c2ccccc2)c(=O)cc1OCC(=O)Nc1ccccc1[N+](=O)[O-]. The van der Waals surface area contributed by atoms with Crippen LogP contribution in [0.5, 0.6) is 5.75 Å². The maximum atomic E-state index is 12.5. The van der Waals surface area contributed by atoms with E-state index in [1.165, 1.54) is 24.3 Å². The van der Waals surface area contributed by atoms with Crippen molar-refractivity contribution in [2.75, 3.05) is 18.5 Å². The van der Waals surface area contributed by atoms with Crippen molar-refractivity contribution < 1.29 is 24.0 Å². The molecule has 0 spiro atoms. The van der Waals surface area contributed by atoms with Crippen molar-refractivity contribution >= 4 is 23.3 Å². The molecule has 11 nitrogen and oxygen atoms in total. The topological polar surface area (TPSA) is 143 Å². The van der Waals surface area contributed by atoms with Gasteiger partial charge < -0.3 is 14.8 Å². The number of carbonyl (C=O) groups excluding carboxylic acids is 2. The molecular formula is C21H18N4O7. The molecule has 1 heterocycles. The molecule has 0 aliphatic heterocycles. The Hall–Kier alpha value is -4.54. The standard InChI is InChI=1S/C21H18N4O7/c1-2-31-21(28)20-17(12-19(27)24(23-20)14-8-4-3-5-9-14)32-13-18(26)22-15-10-6-7-11-16(15)25(29)30/h3-12H,2,13H2,1H3,(H,22,26). The maximum Gasteiger partial charge on any atom is 0.362 e. The van der Waals surface area contributed by atoms with Crippen LogP contribution >= 0.6 is 0 Å². The lowest BCUT2D eigenvalue weighted by atomic mass is 10.2. The van der Waals surface area contributed by atoms with E-state index in [4.69, 9.17) is 9.47 Å². The molecule has 0 aliphatic carbocycles. The zero-order valence-electron chi connectivity index (χ0n) is 16.9. The summed E-state index contributed by atoms with van der Waals surface area (Å²) in [7, 11) is 0. The number of carbonyl (C=O) groups is 2. The van der Waals surface area contributed by atoms with E-state index in [-0.39, 0.29) is 29.4 Å². The number of nitrogens with one attached hydrogen (secondary N) is 1. The zero-order valence-corrected chi connectivity index (χ0v) is 16.9. The molecular weight excluding hydrogens is 420 g/mol. The second-order valence-corrected chi connectivity index (χ2v) is 6.27. The van der Waals surface area contributed by atoms with Gasteiger partial charge in [0.25, 0.3) is 17.2 Å². The van der Waals surface area contributed by atoms with Crippen molar-refractivity contribution in [1.82, 2.24) is 9.78 Å². The van der Waals surface area contributed by atoms with E-state index in [0.717, 1.165) is 10.7 Å². The third-order valence-corrected chi connectivity index (χ3v) is 4.10. The largest absolute Gasteiger partial charge is 0.481 e. The van der Waals surface area contributed by atoms with Crippen LogP contribution in [0.4, 0.5) is 11.4 Å². The number of hydrogen-bond acceptors (Lipinski definition) is 8. The summed E-state index contributed by atoms with van der Waals surface area (Å²) in [5.74, 6) is -1.83. The van der Waals surface area contributed by atoms with Gasteiger partial charge >= 0.3 is 5.97 Å². The highest BCUT2D eigenvalue weighted by Gasteiger charge is 2.21. The molecule has 3 aromatic rings. The minimum absolute atomic E-state index is 0.0191. The number of para-hydroxylation sites is 3. The molecule has 0 unspecified atom stereocenters. The van der Waals surface area contributed by atoms with Crippen LogP contribution in [0.15, 0.2) is 65.5 Å². The molecule has 32 heavy (non-hydrogen) atoms. The smallest absolute Gasteiger partial charge is 0.362 e. The number of ether oxygens (including phenoxy) is 2. The fourth-order valence-corrected chi connectivity index (χ4v) is 2.71. The molecule has 0 aliphatic rings. The molecule has 1 N–H and O–H groups in total. The van der Waals surface area contributed by atoms with E-state index < -0.39 is 29.0 Å². The van der Waals surface area contributed by atoms with Crippen molar-refractivity contribution in [2.45, 2.75) is 6.92 Å². The predicted molar refractivity (Wildman–Crippen MR) is 113 cm³/mol. The number of esters is 1. The van der Waals surface area contributed by atoms with E-state index in [2.05, 4.69) is 10.4 Å². The molecule has 0 radical (unpaired) electrons. The molecule has 0 atom stereocenters. The number of nitro benzene ring substituents is 1. The highest BCUT2D eigenvalue weighted by molar-refractivity contribution is 5.94. The normalized spacial score (nSPS) is 10.3. The van der Waals surface area contributed by atoms with Gasteiger partial charge in [-0.05, 0) is 25.1 Å². The number of amides is 1. The Kier molecular flexibility index (Phi) is 6.91. The van der Waals surface area contributed by atoms with E-state index >= 15 is 0 Å². The number of nitro groups is 1. The fraction of sp³-hybridized carbons (Fsp3) is 0.143. The van der Waals surface area contributed by atoms with Crippen LogP contribution in [0.1, 0.15) is 17.4 Å². The number of rotatable bonds is 8. The number of nitrogens with zero attached hydrogens (tertiary/aromatic N) is 3. The third-order valence-electron chi connectivity index (χ3n) is 4.10. The molecule has 0 saturated carbocycles. The average Bonchev–Trinajstić information content (AvgIpc) is 2.78. The van der Waals surface area contributed by atoms with Crippen molar-refractivity contribution in [2.24, 2.45) is 0 Å². The summed E-state index contributed by atoms with van der Waals surface area (Å²) in [4.78, 5) is 47.6. The third kappa shape index (κ3) is 5.14. The van der Waals surface area contributed by atoms with Gasteiger partial charge in [-0.2, -0.15) is 9.78 Å². The van der Waals surface area contributed by atoms with E-state index in [1.54, 1.807) is 37.3 Å². The summed E-state index contributed by atoms with van der Waals surface area (Å²) in [5.41, 5.74) is -0.787. The fourth-order valence-electron chi connectivity index (χ4n) is 2.71. The highest BCUT2D eigenvalue weighted by atomic mass is 16.6. The van der Waals surface area contributed by atoms with Crippen LogP contribution in [-0.4, -0.2) is 39.8 Å². The van der Waals surface area contributed by atoms with Gasteiger partial charge in [0.1, 0.15) is 5.69 Å². The van der Waals surface area contributed by atoms with Crippen LogP contribution in [0, 0.1) is 10.1 Å². The molecule has 11 heteroatoms. The lowest BCUT2D eigenvalue weighted by molar-refractivity contribution is -0.383. The lowest BCUT2D eigenvalue weighted by Gasteiger charge is -2.12. The summed E-state index contributed by atoms with van der Waals surface area (Å²) < 4.78 is 11.3. The summed E-state index contributed by atoms with van der Waals surface area (Å²) >= 11 is 0. The number of hydrogen-bond donors (Lipinski definition) is 1. The number of aromatic nitrogens is 2. The van der Waals surface area contributed by atoms with Crippen LogP contribution in [0.2, 0.25) is 0 Å². The Morgan fingerprint density at radius 3 is 2.50 bits per heavy atom. The van der Waals surface area contributed by atoms with E-state index in [0.29, 0.717) is 5.69 Å². The first-order chi connectivity index (χ1) is 15.4. The molecule has 3 rings (SSSR count). The van der Waals surface area contributed by atoms with Crippen LogP contribution in [0.3, 0.4) is 0 Å². The Balaban J connectivity index is 1.85. The highest BCUT2D eigenvalue weighted by Crippen LogP contribution is 2.23. The number of anilines is 1. The van der Waals surface area contributed by atoms with Gasteiger partial charge in [-0.15, -0.1) is 0 Å². The summed E-state index contributed by atoms with van der Waals surface area (Å²) in [5, 5.41) is 17.5. The zero-order chi connectivity index (χ0) is 23.1. The van der Waals surface area contributed by atoms with Crippen molar-refractivity contribution in [3.63, 3.8) is 0 Å². The monoisotopic (exact) mass is 438 g/mol. The minimum atomic E-state index is -0.841. The van der Waals surface area contributed by atoms with Gasteiger partial charge in [0.2, 0.25) is 5.69 Å². The van der Waals surface area contributed by atoms with Gasteiger partial charge in [0.15, 0.2) is 12.4 Å². The summed E-state index contributed by atoms with van der Waals surface area (Å²) in [6.07, 6.45) is 0. The Morgan fingerprint density at radius 2 is 1.81 bits per heavy atom. The van der Waals surface area contributed by atoms with Crippen molar-refractivity contribution in [3.05, 3.63) is 86.8 Å². The van der Waals surface area contributed by atoms with Gasteiger partial charge in [-0.3, -0.25) is 19.7 Å². The van der Waals surface area contributed by atoms with Crippen molar-refractivity contribution in [3.8, 4) is 11.4 Å². The first kappa shape index (κ1) is 22.2. The average molecular weight is 438 g/mol. The first-order valence-corrected chi connectivity index (χ1v) is 9.43. The van der Waals surface area contributed by atoms with Crippen LogP contribution in [-0.2, 0) is 9.53 Å². The second kappa shape index (κ2) is 9.98. The molecule has 1 aromatic heterocycles. The molecule has 1 amide bonds. The summed E-state index contributed by atoms with van der Waals surface area (Å²) in [6.45, 7) is 1.03. The molecule has 164 valence electrons. The van der Waals surface area contributed by atoms with Gasteiger partial charge in [0.05, 0.1) is 23.3 Å². The van der Waals surface area contributed by atoms with Crippen molar-refractivity contribution in [1.29, 1.82) is 0 Å². The van der Waals surface area contributed by atoms with Crippen LogP contribution in [0.25, 0.3) is 5.69 Å². The van der Waals surface area contributed by atoms with Crippen LogP contribution < -0.4 is 15.6 Å². The van der Waals surface area contributed by atoms with Gasteiger partial charge in [0, 0.05) is 6.07 Å². The quantitative estimate of drug-likeness (QED) is 0.321. The second-order valence-electron chi connectivity index (χ2n) is 6.27. The van der Waals surface area contributed by atoms with E-state index in [9.17, 15) is 24.5 Å². The molecule has 0 saturated heterocycles. The Bertz CT molecular complexity index is 1210. The first-order valence-electron chi connectivity index (χ1n) is 9.43. The molecule has 2 aromatic carbocycles. The molecule has 0 bridgehead atoms.